The number of carboxylic acids is 1. The smallest absolute Gasteiger partial charge is 0.307 e. The molecule has 128 valence electrons. The summed E-state index contributed by atoms with van der Waals surface area (Å²) in [6.07, 6.45) is 4.67. The van der Waals surface area contributed by atoms with Crippen LogP contribution in [0, 0.1) is 30.6 Å². The quantitative estimate of drug-likeness (QED) is 0.823. The number of hydrogen-bond acceptors (Lipinski definition) is 4. The molecule has 1 aromatic heterocycles. The van der Waals surface area contributed by atoms with E-state index in [-0.39, 0.29) is 17.7 Å². The van der Waals surface area contributed by atoms with Gasteiger partial charge in [0.15, 0.2) is 5.13 Å². The average Bonchev–Trinajstić information content (AvgIpc) is 3.29. The van der Waals surface area contributed by atoms with Crippen molar-refractivity contribution in [3.8, 4) is 11.3 Å². The van der Waals surface area contributed by atoms with Crippen LogP contribution < -0.4 is 5.32 Å². The Hall–Kier alpha value is -2.47. The van der Waals surface area contributed by atoms with E-state index in [9.17, 15) is 14.7 Å². The van der Waals surface area contributed by atoms with Crippen LogP contribution in [0.2, 0.25) is 0 Å². The van der Waals surface area contributed by atoms with Crippen molar-refractivity contribution in [2.75, 3.05) is 5.32 Å². The van der Waals surface area contributed by atoms with Gasteiger partial charge in [0.05, 0.1) is 17.5 Å². The number of amides is 1. The molecule has 0 radical (unpaired) electrons. The molecule has 5 nitrogen and oxygen atoms in total. The van der Waals surface area contributed by atoms with Crippen LogP contribution in [0.25, 0.3) is 11.3 Å². The SMILES string of the molecule is Cc1sc(NC(=O)[C@@H]2[C@@H](C(=O)O)[C@H]3C=C[C@H]2C3)nc1-c1ccccc1. The molecule has 0 saturated heterocycles. The lowest BCUT2D eigenvalue weighted by atomic mass is 9.82. The summed E-state index contributed by atoms with van der Waals surface area (Å²) in [5.41, 5.74) is 1.85. The Kier molecular flexibility index (Phi) is 3.92. The lowest BCUT2D eigenvalue weighted by Crippen LogP contribution is -2.36. The lowest BCUT2D eigenvalue weighted by Gasteiger charge is -2.23. The Labute approximate surface area is 149 Å². The number of hydrogen-bond donors (Lipinski definition) is 2. The molecular weight excluding hydrogens is 336 g/mol. The number of anilines is 1. The summed E-state index contributed by atoms with van der Waals surface area (Å²) in [5, 5.41) is 12.9. The molecule has 4 atom stereocenters. The van der Waals surface area contributed by atoms with E-state index in [1.165, 1.54) is 11.3 Å². The van der Waals surface area contributed by atoms with Crippen LogP contribution in [0.4, 0.5) is 5.13 Å². The van der Waals surface area contributed by atoms with E-state index < -0.39 is 17.8 Å². The first-order valence-electron chi connectivity index (χ1n) is 8.29. The van der Waals surface area contributed by atoms with Gasteiger partial charge in [-0.1, -0.05) is 42.5 Å². The summed E-state index contributed by atoms with van der Waals surface area (Å²) >= 11 is 1.42. The number of carbonyl (C=O) groups excluding carboxylic acids is 1. The summed E-state index contributed by atoms with van der Waals surface area (Å²) in [6, 6.07) is 9.81. The average molecular weight is 354 g/mol. The van der Waals surface area contributed by atoms with Gasteiger partial charge < -0.3 is 10.4 Å². The zero-order chi connectivity index (χ0) is 17.6. The van der Waals surface area contributed by atoms with Crippen LogP contribution in [0.3, 0.4) is 0 Å². The van der Waals surface area contributed by atoms with Gasteiger partial charge in [0, 0.05) is 10.4 Å². The fourth-order valence-electron chi connectivity index (χ4n) is 4.02. The van der Waals surface area contributed by atoms with Crippen molar-refractivity contribution in [2.24, 2.45) is 23.7 Å². The van der Waals surface area contributed by atoms with Crippen LogP contribution in [-0.4, -0.2) is 22.0 Å². The van der Waals surface area contributed by atoms with Crippen LogP contribution in [0.5, 0.6) is 0 Å². The van der Waals surface area contributed by atoms with Crippen LogP contribution in [0.1, 0.15) is 11.3 Å². The van der Waals surface area contributed by atoms with Gasteiger partial charge in [0.2, 0.25) is 5.91 Å². The fraction of sp³-hybridized carbons (Fsp3) is 0.316. The first kappa shape index (κ1) is 16.0. The van der Waals surface area contributed by atoms with Gasteiger partial charge >= 0.3 is 5.97 Å². The lowest BCUT2D eigenvalue weighted by molar-refractivity contribution is -0.146. The molecule has 1 saturated carbocycles. The van der Waals surface area contributed by atoms with Crippen molar-refractivity contribution < 1.29 is 14.7 Å². The Balaban J connectivity index is 1.56. The van der Waals surface area contributed by atoms with E-state index in [0.717, 1.165) is 22.6 Å². The molecular formula is C19H18N2O3S. The van der Waals surface area contributed by atoms with E-state index in [4.69, 9.17) is 0 Å². The molecule has 2 aliphatic carbocycles. The minimum atomic E-state index is -0.891. The second-order valence-electron chi connectivity index (χ2n) is 6.62. The summed E-state index contributed by atoms with van der Waals surface area (Å²) < 4.78 is 0. The highest BCUT2D eigenvalue weighted by atomic mass is 32.1. The third-order valence-corrected chi connectivity index (χ3v) is 6.01. The number of nitrogens with zero attached hydrogens (tertiary/aromatic N) is 1. The Morgan fingerprint density at radius 3 is 2.52 bits per heavy atom. The Morgan fingerprint density at radius 2 is 1.84 bits per heavy atom. The van der Waals surface area contributed by atoms with Crippen LogP contribution in [-0.2, 0) is 9.59 Å². The van der Waals surface area contributed by atoms with Crippen molar-refractivity contribution in [2.45, 2.75) is 13.3 Å². The summed E-state index contributed by atoms with van der Waals surface area (Å²) in [7, 11) is 0. The first-order valence-corrected chi connectivity index (χ1v) is 9.11. The normalized spacial score (nSPS) is 26.8. The maximum Gasteiger partial charge on any atom is 0.307 e. The molecule has 4 rings (SSSR count). The van der Waals surface area contributed by atoms with Crippen molar-refractivity contribution in [1.82, 2.24) is 4.98 Å². The molecule has 1 amide bonds. The minimum Gasteiger partial charge on any atom is -0.481 e. The molecule has 1 heterocycles. The number of aryl methyl sites for hydroxylation is 1. The molecule has 2 aromatic rings. The highest BCUT2D eigenvalue weighted by Gasteiger charge is 2.51. The number of fused-ring (bicyclic) bond motifs is 2. The molecule has 25 heavy (non-hydrogen) atoms. The number of nitrogens with one attached hydrogen (secondary N) is 1. The van der Waals surface area contributed by atoms with Gasteiger partial charge in [0.25, 0.3) is 0 Å². The van der Waals surface area contributed by atoms with Crippen LogP contribution in [0.15, 0.2) is 42.5 Å². The second-order valence-corrected chi connectivity index (χ2v) is 7.82. The molecule has 2 aliphatic rings. The number of rotatable bonds is 4. The van der Waals surface area contributed by atoms with Crippen LogP contribution >= 0.6 is 11.3 Å². The zero-order valence-corrected chi connectivity index (χ0v) is 14.5. The summed E-state index contributed by atoms with van der Waals surface area (Å²) in [6.45, 7) is 1.97. The van der Waals surface area contributed by atoms with Crippen molar-refractivity contribution in [3.63, 3.8) is 0 Å². The third-order valence-electron chi connectivity index (χ3n) is 5.12. The number of carboxylic acid groups (broad SMARTS) is 1. The van der Waals surface area contributed by atoms with Gasteiger partial charge in [-0.25, -0.2) is 4.98 Å². The van der Waals surface area contributed by atoms with E-state index in [2.05, 4.69) is 10.3 Å². The predicted molar refractivity (Wildman–Crippen MR) is 96.3 cm³/mol. The standard InChI is InChI=1S/C19H18N2O3S/c1-10-16(11-5-3-2-4-6-11)20-19(25-10)21-17(22)14-12-7-8-13(9-12)15(14)18(23)24/h2-8,12-15H,9H2,1H3,(H,23,24)(H,20,21,22)/t12-,13-,14-,15-/m0/s1. The van der Waals surface area contributed by atoms with Gasteiger partial charge in [-0.2, -0.15) is 0 Å². The maximum atomic E-state index is 12.7. The van der Waals surface area contributed by atoms with Crippen molar-refractivity contribution >= 4 is 28.3 Å². The molecule has 2 bridgehead atoms. The minimum absolute atomic E-state index is 0.0146. The number of carbonyl (C=O) groups is 2. The van der Waals surface area contributed by atoms with Gasteiger partial charge in [-0.3, -0.25) is 9.59 Å². The molecule has 0 aliphatic heterocycles. The highest BCUT2D eigenvalue weighted by molar-refractivity contribution is 7.16. The van der Waals surface area contributed by atoms with Gasteiger partial charge in [0.1, 0.15) is 0 Å². The Morgan fingerprint density at radius 1 is 1.16 bits per heavy atom. The Bertz CT molecular complexity index is 859. The number of benzene rings is 1. The first-order chi connectivity index (χ1) is 12.0. The highest BCUT2D eigenvalue weighted by Crippen LogP contribution is 2.48. The number of aromatic nitrogens is 1. The van der Waals surface area contributed by atoms with E-state index in [0.29, 0.717) is 5.13 Å². The van der Waals surface area contributed by atoms with Gasteiger partial charge in [-0.05, 0) is 25.2 Å². The molecule has 6 heteroatoms. The summed E-state index contributed by atoms with van der Waals surface area (Å²) in [4.78, 5) is 29.9. The topological polar surface area (TPSA) is 79.3 Å². The molecule has 1 fully saturated rings. The monoisotopic (exact) mass is 354 g/mol. The van der Waals surface area contributed by atoms with E-state index in [1.807, 2.05) is 49.4 Å². The number of allylic oxidation sites excluding steroid dienone is 2. The van der Waals surface area contributed by atoms with Gasteiger partial charge in [-0.15, -0.1) is 11.3 Å². The van der Waals surface area contributed by atoms with Crippen molar-refractivity contribution in [1.29, 1.82) is 0 Å². The number of aliphatic carboxylic acids is 1. The maximum absolute atomic E-state index is 12.7. The molecule has 0 unspecified atom stereocenters. The number of thiazole rings is 1. The fourth-order valence-corrected chi connectivity index (χ4v) is 4.86. The molecule has 2 N–H and O–H groups in total. The largest absolute Gasteiger partial charge is 0.481 e. The zero-order valence-electron chi connectivity index (χ0n) is 13.7. The molecule has 0 spiro atoms. The van der Waals surface area contributed by atoms with E-state index in [1.54, 1.807) is 0 Å². The predicted octanol–water partition coefficient (Wildman–Crippen LogP) is 3.58. The van der Waals surface area contributed by atoms with Crippen molar-refractivity contribution in [3.05, 3.63) is 47.4 Å². The second kappa shape index (κ2) is 6.11. The molecule has 1 aromatic carbocycles. The third kappa shape index (κ3) is 2.76. The summed E-state index contributed by atoms with van der Waals surface area (Å²) in [5.74, 6) is -2.30. The van der Waals surface area contributed by atoms with E-state index >= 15 is 0 Å².